The van der Waals surface area contributed by atoms with E-state index in [-0.39, 0.29) is 36.5 Å². The van der Waals surface area contributed by atoms with Crippen LogP contribution in [0.2, 0.25) is 0 Å². The van der Waals surface area contributed by atoms with Crippen LogP contribution in [0.4, 0.5) is 0 Å². The Morgan fingerprint density at radius 1 is 0.855 bits per heavy atom. The van der Waals surface area contributed by atoms with Crippen LogP contribution < -0.4 is 26.6 Å². The minimum atomic E-state index is -1.19. The summed E-state index contributed by atoms with van der Waals surface area (Å²) in [6.07, 6.45) is 5.57. The first-order chi connectivity index (χ1) is 33.1. The maximum atomic E-state index is 14.1. The van der Waals surface area contributed by atoms with Crippen LogP contribution in [0.1, 0.15) is 93.4 Å². The molecule has 1 saturated heterocycles. The number of likely N-dealkylation sites (N-methyl/N-ethyl adjacent to an activating group) is 1. The van der Waals surface area contributed by atoms with Crippen LogP contribution in [0.15, 0.2) is 97.1 Å². The highest BCUT2D eigenvalue weighted by Crippen LogP contribution is 2.61. The summed E-state index contributed by atoms with van der Waals surface area (Å²) in [5.41, 5.74) is 6.88. The lowest BCUT2D eigenvalue weighted by Crippen LogP contribution is -2.59. The van der Waals surface area contributed by atoms with Gasteiger partial charge in [0.05, 0.1) is 37.2 Å². The van der Waals surface area contributed by atoms with Crippen molar-refractivity contribution in [1.29, 1.82) is 0 Å². The second-order valence-electron chi connectivity index (χ2n) is 20.0. The quantitative estimate of drug-likeness (QED) is 0.102. The van der Waals surface area contributed by atoms with E-state index in [1.54, 1.807) is 31.2 Å². The normalized spacial score (nSPS) is 23.4. The molecule has 9 rings (SSSR count). The molecule has 3 aliphatic carbocycles. The molecule has 0 radical (unpaired) electrons. The Kier molecular flexibility index (Phi) is 15.0. The summed E-state index contributed by atoms with van der Waals surface area (Å²) in [6.45, 7) is 9.38. The van der Waals surface area contributed by atoms with Crippen molar-refractivity contribution in [3.8, 4) is 22.3 Å². The number of carbonyl (C=O) groups excluding carboxylic acids is 6. The highest BCUT2D eigenvalue weighted by Gasteiger charge is 2.62. The van der Waals surface area contributed by atoms with Gasteiger partial charge in [-0.25, -0.2) is 0 Å². The average molecular weight is 937 g/mol. The molecule has 0 spiro atoms. The van der Waals surface area contributed by atoms with Gasteiger partial charge in [0.2, 0.25) is 29.5 Å². The van der Waals surface area contributed by atoms with Crippen LogP contribution in [-0.4, -0.2) is 98.3 Å². The van der Waals surface area contributed by atoms with Crippen molar-refractivity contribution < 1.29 is 38.1 Å². The lowest BCUT2D eigenvalue weighted by molar-refractivity contribution is -0.150. The van der Waals surface area contributed by atoms with Gasteiger partial charge in [-0.15, -0.1) is 0 Å². The average Bonchev–Trinajstić information content (AvgIpc) is 3.81. The molecule has 5 N–H and O–H groups in total. The summed E-state index contributed by atoms with van der Waals surface area (Å²) in [5, 5.41) is 14.0. The number of benzene rings is 4. The number of carbonyl (C=O) groups is 6. The molecule has 8 unspecified atom stereocenters. The van der Waals surface area contributed by atoms with E-state index in [2.05, 4.69) is 71.6 Å². The molecule has 2 aliphatic heterocycles. The molecular weight excluding hydrogens is 871 g/mol. The molecule has 6 bridgehead atoms. The van der Waals surface area contributed by atoms with Gasteiger partial charge in [-0.2, -0.15) is 0 Å². The van der Waals surface area contributed by atoms with Gasteiger partial charge < -0.3 is 40.8 Å². The number of unbranched alkanes of at least 4 members (excludes halogenated alkanes) is 1. The first-order valence-electron chi connectivity index (χ1n) is 24.5. The Bertz CT molecular complexity index is 2550. The van der Waals surface area contributed by atoms with Gasteiger partial charge in [-0.1, -0.05) is 113 Å². The van der Waals surface area contributed by atoms with E-state index >= 15 is 0 Å². The number of nitrogens with one attached hydrogen (secondary N) is 5. The van der Waals surface area contributed by atoms with Gasteiger partial charge in [0.25, 0.3) is 5.91 Å². The smallest absolute Gasteiger partial charge is 0.404 e. The van der Waals surface area contributed by atoms with Crippen molar-refractivity contribution in [3.63, 3.8) is 0 Å². The fraction of sp³-hybridized carbons (Fsp3) is 0.444. The number of amides is 6. The molecule has 2 heterocycles. The second kappa shape index (κ2) is 21.1. The summed E-state index contributed by atoms with van der Waals surface area (Å²) in [6, 6.07) is 28.4. The van der Waals surface area contributed by atoms with Crippen LogP contribution in [0.5, 0.6) is 0 Å². The highest BCUT2D eigenvalue weighted by molar-refractivity contribution is 6.47. The van der Waals surface area contributed by atoms with Gasteiger partial charge >= 0.3 is 7.12 Å². The molecule has 14 nitrogen and oxygen atoms in total. The van der Waals surface area contributed by atoms with Gasteiger partial charge in [0.1, 0.15) is 12.1 Å². The first-order valence-corrected chi connectivity index (χ1v) is 24.5. The maximum Gasteiger partial charge on any atom is 0.481 e. The van der Waals surface area contributed by atoms with Crippen LogP contribution in [0.25, 0.3) is 22.3 Å². The Hall–Kier alpha value is -6.32. The maximum absolute atomic E-state index is 14.1. The molecule has 4 fully saturated rings. The zero-order chi connectivity index (χ0) is 49.0. The standard InChI is InChI=1S/C54H65BN6O8/c1-7-8-11-34-16-18-36(19-17-34)37-20-22-38(23-21-37)51(65)56-29-32(2)50(64)58-31-47(63)61(6)48-41-15-10-14-40(26-41)39-13-9-12-35(24-39)25-44(60-46(62)30-57-53(48)67)52(66)59-33(3)55-68-45-28-42-27-43(49(45)69-55)54(42,4)5/h9-10,12-24,26,32-33,42-45,48-49H,7-8,11,25,27-31H2,1-6H3,(H,56,65)(H,57,67)(H,58,64)(H,59,66)(H,60,62). The van der Waals surface area contributed by atoms with E-state index in [1.165, 1.54) is 17.5 Å². The van der Waals surface area contributed by atoms with E-state index in [1.807, 2.05) is 55.5 Å². The molecule has 5 aliphatic rings. The SMILES string of the molecule is CCCCc1ccc(-c2ccc(C(=O)NCC(C)C(=O)NCC(=O)N(C)C3C(=O)NCC(=O)NC(C(=O)NC(C)B4OC5CC6CC(C5O4)C6(C)C)Cc4cccc(c4)-c4cccc3c4)cc2)cc1. The first kappa shape index (κ1) is 49.1. The topological polar surface area (TPSA) is 184 Å². The number of hydrogen-bond donors (Lipinski definition) is 5. The Labute approximate surface area is 405 Å². The minimum Gasteiger partial charge on any atom is -0.404 e. The third kappa shape index (κ3) is 11.1. The zero-order valence-corrected chi connectivity index (χ0v) is 40.5. The van der Waals surface area contributed by atoms with Crippen molar-refractivity contribution in [2.45, 2.75) is 103 Å². The summed E-state index contributed by atoms with van der Waals surface area (Å²) < 4.78 is 12.8. The molecule has 8 atom stereocenters. The Morgan fingerprint density at radius 3 is 2.26 bits per heavy atom. The second-order valence-corrected chi connectivity index (χ2v) is 20.0. The molecular formula is C54H65BN6O8. The van der Waals surface area contributed by atoms with E-state index in [9.17, 15) is 28.8 Å². The van der Waals surface area contributed by atoms with Crippen LogP contribution in [0.3, 0.4) is 0 Å². The summed E-state index contributed by atoms with van der Waals surface area (Å²) in [5.74, 6) is -3.16. The highest BCUT2D eigenvalue weighted by atomic mass is 16.7. The summed E-state index contributed by atoms with van der Waals surface area (Å²) >= 11 is 0. The number of nitrogens with zero attached hydrogens (tertiary/aromatic N) is 1. The van der Waals surface area contributed by atoms with Gasteiger partial charge in [-0.05, 0) is 107 Å². The molecule has 69 heavy (non-hydrogen) atoms. The molecule has 6 amide bonds. The third-order valence-corrected chi connectivity index (χ3v) is 14.9. The van der Waals surface area contributed by atoms with E-state index in [0.717, 1.165) is 59.9 Å². The Morgan fingerprint density at radius 2 is 1.55 bits per heavy atom. The molecule has 4 aromatic carbocycles. The molecule has 15 heteroatoms. The van der Waals surface area contributed by atoms with Crippen molar-refractivity contribution in [2.24, 2.45) is 23.2 Å². The zero-order valence-electron chi connectivity index (χ0n) is 40.5. The minimum absolute atomic E-state index is 0.00318. The van der Waals surface area contributed by atoms with Crippen LogP contribution >= 0.6 is 0 Å². The van der Waals surface area contributed by atoms with Gasteiger partial charge in [0.15, 0.2) is 0 Å². The summed E-state index contributed by atoms with van der Waals surface area (Å²) in [7, 11) is 0.841. The molecule has 0 aromatic heterocycles. The fourth-order valence-electron chi connectivity index (χ4n) is 10.4. The Balaban J connectivity index is 0.871. The number of aryl methyl sites for hydroxylation is 1. The molecule has 3 saturated carbocycles. The van der Waals surface area contributed by atoms with Crippen molar-refractivity contribution in [1.82, 2.24) is 31.5 Å². The van der Waals surface area contributed by atoms with Gasteiger partial charge in [-0.3, -0.25) is 28.8 Å². The largest absolute Gasteiger partial charge is 0.481 e. The predicted octanol–water partition coefficient (Wildman–Crippen LogP) is 5.58. The van der Waals surface area contributed by atoms with Crippen LogP contribution in [-0.2, 0) is 46.1 Å². The fourth-order valence-corrected chi connectivity index (χ4v) is 10.4. The lowest BCUT2D eigenvalue weighted by Gasteiger charge is -2.60. The lowest BCUT2D eigenvalue weighted by atomic mass is 9.47. The molecule has 4 aromatic rings. The summed E-state index contributed by atoms with van der Waals surface area (Å²) in [4.78, 5) is 82.9. The van der Waals surface area contributed by atoms with E-state index < -0.39 is 73.7 Å². The van der Waals surface area contributed by atoms with Crippen LogP contribution in [0, 0.1) is 23.2 Å². The van der Waals surface area contributed by atoms with Crippen molar-refractivity contribution in [2.75, 3.05) is 26.7 Å². The number of hydrogen-bond acceptors (Lipinski definition) is 8. The van der Waals surface area contributed by atoms with Gasteiger partial charge in [0, 0.05) is 25.6 Å². The van der Waals surface area contributed by atoms with Crippen molar-refractivity contribution >= 4 is 42.6 Å². The molecule has 362 valence electrons. The monoisotopic (exact) mass is 936 g/mol. The predicted molar refractivity (Wildman–Crippen MR) is 264 cm³/mol. The third-order valence-electron chi connectivity index (χ3n) is 14.9. The number of fused-ring (bicyclic) bond motifs is 5. The van der Waals surface area contributed by atoms with E-state index in [0.29, 0.717) is 23.0 Å². The number of rotatable bonds is 14. The van der Waals surface area contributed by atoms with E-state index in [4.69, 9.17) is 9.31 Å². The van der Waals surface area contributed by atoms with Crippen molar-refractivity contribution in [3.05, 3.63) is 119 Å².